The molecule has 0 aliphatic heterocycles. The number of esters is 3. The highest BCUT2D eigenvalue weighted by molar-refractivity contribution is 5.99. The summed E-state index contributed by atoms with van der Waals surface area (Å²) in [5.74, 6) is -4.66. The van der Waals surface area contributed by atoms with Gasteiger partial charge in [0.25, 0.3) is 0 Å². The van der Waals surface area contributed by atoms with Crippen LogP contribution in [0.5, 0.6) is 0 Å². The lowest BCUT2D eigenvalue weighted by atomic mass is 9.86. The number of allylic oxidation sites excluding steroid dienone is 2. The molecule has 35 heavy (non-hydrogen) atoms. The van der Waals surface area contributed by atoms with Crippen LogP contribution < -0.4 is 0 Å². The Kier molecular flexibility index (Phi) is 9.24. The SMILES string of the molecule is CC(C)(C)OC(=O)[C@@H](C(=O)OCc1ccccc1)[C@@H](CC1=CCCC1)C(=O)OCc1ccccc1. The van der Waals surface area contributed by atoms with Crippen LogP contribution in [-0.4, -0.2) is 23.5 Å². The fourth-order valence-corrected chi connectivity index (χ4v) is 3.99. The van der Waals surface area contributed by atoms with Crippen molar-refractivity contribution in [3.8, 4) is 0 Å². The summed E-state index contributed by atoms with van der Waals surface area (Å²) in [6.07, 6.45) is 5.03. The molecular formula is C29H34O6. The molecule has 6 nitrogen and oxygen atoms in total. The van der Waals surface area contributed by atoms with Gasteiger partial charge in [0.1, 0.15) is 18.8 Å². The molecule has 0 spiro atoms. The minimum Gasteiger partial charge on any atom is -0.461 e. The second-order valence-corrected chi connectivity index (χ2v) is 9.76. The van der Waals surface area contributed by atoms with Crippen LogP contribution in [0.3, 0.4) is 0 Å². The first-order valence-electron chi connectivity index (χ1n) is 12.0. The van der Waals surface area contributed by atoms with E-state index in [2.05, 4.69) is 6.08 Å². The van der Waals surface area contributed by atoms with Crippen molar-refractivity contribution in [2.75, 3.05) is 0 Å². The van der Waals surface area contributed by atoms with Gasteiger partial charge in [0.05, 0.1) is 5.92 Å². The molecule has 0 N–H and O–H groups in total. The van der Waals surface area contributed by atoms with Crippen molar-refractivity contribution in [3.63, 3.8) is 0 Å². The molecule has 0 fully saturated rings. The first kappa shape index (κ1) is 26.2. The van der Waals surface area contributed by atoms with Crippen molar-refractivity contribution in [3.05, 3.63) is 83.4 Å². The van der Waals surface area contributed by atoms with Gasteiger partial charge < -0.3 is 14.2 Å². The fourth-order valence-electron chi connectivity index (χ4n) is 3.99. The molecule has 0 bridgehead atoms. The maximum atomic E-state index is 13.3. The maximum absolute atomic E-state index is 13.3. The van der Waals surface area contributed by atoms with Crippen LogP contribution in [0.25, 0.3) is 0 Å². The monoisotopic (exact) mass is 478 g/mol. The van der Waals surface area contributed by atoms with Crippen molar-refractivity contribution in [2.45, 2.75) is 65.3 Å². The highest BCUT2D eigenvalue weighted by Crippen LogP contribution is 2.31. The molecule has 2 aromatic rings. The van der Waals surface area contributed by atoms with Gasteiger partial charge in [-0.05, 0) is 57.6 Å². The number of hydrogen-bond acceptors (Lipinski definition) is 6. The summed E-state index contributed by atoms with van der Waals surface area (Å²) >= 11 is 0. The van der Waals surface area contributed by atoms with Crippen molar-refractivity contribution in [1.29, 1.82) is 0 Å². The Morgan fingerprint density at radius 3 is 1.83 bits per heavy atom. The van der Waals surface area contributed by atoms with Crippen LogP contribution in [-0.2, 0) is 41.8 Å². The zero-order valence-corrected chi connectivity index (χ0v) is 20.7. The van der Waals surface area contributed by atoms with E-state index in [0.717, 1.165) is 36.0 Å². The van der Waals surface area contributed by atoms with Gasteiger partial charge in [-0.1, -0.05) is 72.3 Å². The molecule has 0 aromatic heterocycles. The molecule has 0 heterocycles. The Bertz CT molecular complexity index is 1020. The first-order valence-corrected chi connectivity index (χ1v) is 12.0. The lowest BCUT2D eigenvalue weighted by Gasteiger charge is -2.27. The van der Waals surface area contributed by atoms with Gasteiger partial charge in [-0.15, -0.1) is 0 Å². The molecule has 2 aromatic carbocycles. The highest BCUT2D eigenvalue weighted by atomic mass is 16.6. The quantitative estimate of drug-likeness (QED) is 0.193. The molecule has 3 rings (SSSR count). The summed E-state index contributed by atoms with van der Waals surface area (Å²) in [5.41, 5.74) is 1.81. The molecule has 0 saturated heterocycles. The van der Waals surface area contributed by atoms with Gasteiger partial charge in [-0.2, -0.15) is 0 Å². The van der Waals surface area contributed by atoms with Gasteiger partial charge in [0, 0.05) is 0 Å². The van der Waals surface area contributed by atoms with Crippen LogP contribution in [0, 0.1) is 11.8 Å². The van der Waals surface area contributed by atoms with E-state index in [1.807, 2.05) is 60.7 Å². The average Bonchev–Trinajstić information content (AvgIpc) is 3.34. The summed E-state index contributed by atoms with van der Waals surface area (Å²) in [6.45, 7) is 5.21. The van der Waals surface area contributed by atoms with Crippen LogP contribution in [0.2, 0.25) is 0 Å². The Hall–Kier alpha value is -3.41. The highest BCUT2D eigenvalue weighted by Gasteiger charge is 2.44. The van der Waals surface area contributed by atoms with E-state index in [0.29, 0.717) is 0 Å². The molecule has 6 heteroatoms. The third kappa shape index (κ3) is 8.39. The average molecular weight is 479 g/mol. The van der Waals surface area contributed by atoms with Crippen LogP contribution in [0.1, 0.15) is 57.6 Å². The molecule has 0 radical (unpaired) electrons. The van der Waals surface area contributed by atoms with E-state index in [4.69, 9.17) is 14.2 Å². The Morgan fingerprint density at radius 2 is 1.34 bits per heavy atom. The Labute approximate surface area is 207 Å². The van der Waals surface area contributed by atoms with E-state index in [-0.39, 0.29) is 19.6 Å². The zero-order valence-electron chi connectivity index (χ0n) is 20.7. The van der Waals surface area contributed by atoms with Crippen molar-refractivity contribution in [2.24, 2.45) is 11.8 Å². The van der Waals surface area contributed by atoms with Crippen molar-refractivity contribution in [1.82, 2.24) is 0 Å². The standard InChI is InChI=1S/C29H34O6/c1-29(2,3)35-28(32)25(27(31)34-20-23-16-8-5-9-17-23)24(18-21-12-10-11-13-21)26(30)33-19-22-14-6-4-7-15-22/h4-9,12,14-17,24-25H,10-11,13,18-20H2,1-3H3/t24-,25-/m1/s1. The van der Waals surface area contributed by atoms with E-state index in [9.17, 15) is 14.4 Å². The topological polar surface area (TPSA) is 78.9 Å². The first-order chi connectivity index (χ1) is 16.7. The van der Waals surface area contributed by atoms with Crippen LogP contribution in [0.4, 0.5) is 0 Å². The van der Waals surface area contributed by atoms with Gasteiger partial charge in [-0.3, -0.25) is 14.4 Å². The second kappa shape index (κ2) is 12.3. The molecule has 186 valence electrons. The summed E-state index contributed by atoms with van der Waals surface area (Å²) in [5, 5.41) is 0. The lowest BCUT2D eigenvalue weighted by molar-refractivity contribution is -0.178. The van der Waals surface area contributed by atoms with Crippen LogP contribution in [0.15, 0.2) is 72.3 Å². The second-order valence-electron chi connectivity index (χ2n) is 9.76. The largest absolute Gasteiger partial charge is 0.461 e. The molecule has 1 aliphatic carbocycles. The lowest BCUT2D eigenvalue weighted by Crippen LogP contribution is -2.41. The van der Waals surface area contributed by atoms with E-state index >= 15 is 0 Å². The fraction of sp³-hybridized carbons (Fsp3) is 0.414. The number of carbonyl (C=O) groups excluding carboxylic acids is 3. The van der Waals surface area contributed by atoms with E-state index in [1.54, 1.807) is 20.8 Å². The van der Waals surface area contributed by atoms with Gasteiger partial charge >= 0.3 is 17.9 Å². The smallest absolute Gasteiger partial charge is 0.321 e. The molecule has 0 unspecified atom stereocenters. The number of rotatable bonds is 10. The van der Waals surface area contributed by atoms with E-state index in [1.165, 1.54) is 0 Å². The van der Waals surface area contributed by atoms with Gasteiger partial charge in [-0.25, -0.2) is 0 Å². The number of ether oxygens (including phenoxy) is 3. The molecule has 1 aliphatic rings. The third-order valence-corrected chi connectivity index (χ3v) is 5.68. The number of hydrogen-bond donors (Lipinski definition) is 0. The molecule has 2 atom stereocenters. The van der Waals surface area contributed by atoms with Crippen molar-refractivity contribution < 1.29 is 28.6 Å². The summed E-state index contributed by atoms with van der Waals surface area (Å²) < 4.78 is 16.7. The summed E-state index contributed by atoms with van der Waals surface area (Å²) in [4.78, 5) is 39.9. The number of benzene rings is 2. The van der Waals surface area contributed by atoms with Crippen molar-refractivity contribution >= 4 is 17.9 Å². The predicted molar refractivity (Wildman–Crippen MR) is 132 cm³/mol. The maximum Gasteiger partial charge on any atom is 0.321 e. The van der Waals surface area contributed by atoms with Gasteiger partial charge in [0.2, 0.25) is 0 Å². The minimum absolute atomic E-state index is 0.00650. The summed E-state index contributed by atoms with van der Waals surface area (Å²) in [7, 11) is 0. The predicted octanol–water partition coefficient (Wildman–Crippen LogP) is 5.55. The molecular weight excluding hydrogens is 444 g/mol. The normalized spacial score (nSPS) is 15.0. The minimum atomic E-state index is -1.43. The Morgan fingerprint density at radius 1 is 0.800 bits per heavy atom. The zero-order chi connectivity index (χ0) is 25.3. The molecule has 0 amide bonds. The summed E-state index contributed by atoms with van der Waals surface area (Å²) in [6, 6.07) is 18.5. The third-order valence-electron chi connectivity index (χ3n) is 5.68. The Balaban J connectivity index is 1.84. The van der Waals surface area contributed by atoms with Gasteiger partial charge in [0.15, 0.2) is 5.92 Å². The molecule has 0 saturated carbocycles. The van der Waals surface area contributed by atoms with Crippen LogP contribution >= 0.6 is 0 Å². The van der Waals surface area contributed by atoms with E-state index < -0.39 is 35.3 Å². The number of carbonyl (C=O) groups is 3.